The quantitative estimate of drug-likeness (QED) is 0.120. The van der Waals surface area contributed by atoms with E-state index in [-0.39, 0.29) is 18.2 Å². The van der Waals surface area contributed by atoms with Gasteiger partial charge in [0.15, 0.2) is 5.78 Å². The molecule has 4 nitrogen and oxygen atoms in total. The zero-order valence-corrected chi connectivity index (χ0v) is 21.8. The maximum atomic E-state index is 13.0. The van der Waals surface area contributed by atoms with Gasteiger partial charge in [0.25, 0.3) is 0 Å². The zero-order valence-electron chi connectivity index (χ0n) is 21.8. The lowest BCUT2D eigenvalue weighted by Crippen LogP contribution is -2.11. The summed E-state index contributed by atoms with van der Waals surface area (Å²) in [6.45, 7) is 4.42. The van der Waals surface area contributed by atoms with Gasteiger partial charge in [0.1, 0.15) is 0 Å². The summed E-state index contributed by atoms with van der Waals surface area (Å²) in [6, 6.07) is 7.79. The summed E-state index contributed by atoms with van der Waals surface area (Å²) in [4.78, 5) is 28.3. The molecule has 0 fully saturated rings. The van der Waals surface area contributed by atoms with E-state index in [0.29, 0.717) is 24.3 Å². The second-order valence-electron chi connectivity index (χ2n) is 9.63. The van der Waals surface area contributed by atoms with Gasteiger partial charge in [-0.05, 0) is 19.4 Å². The number of esters is 1. The number of fused-ring (bicyclic) bond motifs is 1. The Morgan fingerprint density at radius 2 is 1.26 bits per heavy atom. The Bertz CT molecular complexity index is 839. The van der Waals surface area contributed by atoms with E-state index in [1.165, 1.54) is 83.5 Å². The number of carbonyl (C=O) groups excluding carboxylic acids is 2. The van der Waals surface area contributed by atoms with E-state index in [0.717, 1.165) is 23.7 Å². The maximum absolute atomic E-state index is 13.0. The molecule has 0 spiro atoms. The number of hydrogen-bond acceptors (Lipinski definition) is 3. The normalized spacial score (nSPS) is 11.2. The second-order valence-corrected chi connectivity index (χ2v) is 9.63. The molecule has 1 aromatic carbocycles. The van der Waals surface area contributed by atoms with Gasteiger partial charge in [-0.15, -0.1) is 0 Å². The molecule has 0 aliphatic rings. The van der Waals surface area contributed by atoms with Crippen molar-refractivity contribution in [2.45, 2.75) is 123 Å². The van der Waals surface area contributed by atoms with Crippen LogP contribution in [0.25, 0.3) is 10.9 Å². The third-order valence-electron chi connectivity index (χ3n) is 6.70. The lowest BCUT2D eigenvalue weighted by Gasteiger charge is -2.06. The molecule has 0 radical (unpaired) electrons. The zero-order chi connectivity index (χ0) is 24.4. The number of carbonyl (C=O) groups is 2. The fraction of sp³-hybridized carbons (Fsp3) is 0.667. The minimum absolute atomic E-state index is 0.114. The van der Waals surface area contributed by atoms with Gasteiger partial charge in [0.05, 0.1) is 13.0 Å². The number of ether oxygens (including phenoxy) is 1. The third-order valence-corrected chi connectivity index (χ3v) is 6.70. The van der Waals surface area contributed by atoms with Crippen molar-refractivity contribution in [3.63, 3.8) is 0 Å². The lowest BCUT2D eigenvalue weighted by molar-refractivity contribution is -0.142. The van der Waals surface area contributed by atoms with Crippen LogP contribution in [0.15, 0.2) is 24.3 Å². The molecule has 2 rings (SSSR count). The monoisotopic (exact) mass is 469 g/mol. The van der Waals surface area contributed by atoms with Crippen LogP contribution in [-0.2, 0) is 16.0 Å². The summed E-state index contributed by atoms with van der Waals surface area (Å²) in [5, 5.41) is 0.910. The van der Waals surface area contributed by atoms with Crippen molar-refractivity contribution in [1.82, 2.24) is 4.98 Å². The molecule has 0 aliphatic carbocycles. The Balaban J connectivity index is 1.60. The molecule has 1 N–H and O–H groups in total. The number of benzene rings is 1. The molecule has 34 heavy (non-hydrogen) atoms. The highest BCUT2D eigenvalue weighted by Gasteiger charge is 2.20. The second kappa shape index (κ2) is 17.4. The van der Waals surface area contributed by atoms with E-state index in [1.807, 2.05) is 24.3 Å². The molecular formula is C30H47NO3. The SMILES string of the molecule is CCCCCCCCCCCCCCCCCC(=O)c1c(CC(=O)OCC)[nH]c2ccccc12. The molecule has 0 aliphatic heterocycles. The van der Waals surface area contributed by atoms with Gasteiger partial charge in [-0.1, -0.05) is 115 Å². The summed E-state index contributed by atoms with van der Waals surface area (Å²) < 4.78 is 5.10. The number of aromatic nitrogens is 1. The summed E-state index contributed by atoms with van der Waals surface area (Å²) >= 11 is 0. The first-order valence-corrected chi connectivity index (χ1v) is 14.0. The van der Waals surface area contributed by atoms with Crippen LogP contribution in [0, 0.1) is 0 Å². The summed E-state index contributed by atoms with van der Waals surface area (Å²) in [6.07, 6.45) is 20.4. The van der Waals surface area contributed by atoms with Crippen LogP contribution >= 0.6 is 0 Å². The lowest BCUT2D eigenvalue weighted by atomic mass is 9.99. The first kappa shape index (κ1) is 28.1. The van der Waals surface area contributed by atoms with Crippen molar-refractivity contribution >= 4 is 22.7 Å². The Hall–Kier alpha value is -2.10. The van der Waals surface area contributed by atoms with Gasteiger partial charge in [0, 0.05) is 28.6 Å². The standard InChI is InChI=1S/C30H47NO3/c1-3-5-6-7-8-9-10-11-12-13-14-15-16-17-18-23-28(32)30-25-21-19-20-22-26(25)31-27(30)24-29(33)34-4-2/h19-22,31H,3-18,23-24H2,1-2H3. The van der Waals surface area contributed by atoms with Crippen molar-refractivity contribution in [2.75, 3.05) is 6.61 Å². The molecule has 0 bridgehead atoms. The first-order valence-electron chi connectivity index (χ1n) is 14.0. The molecule has 2 aromatic rings. The average molecular weight is 470 g/mol. The molecule has 0 unspecified atom stereocenters. The van der Waals surface area contributed by atoms with Crippen molar-refractivity contribution in [2.24, 2.45) is 0 Å². The number of para-hydroxylation sites is 1. The van der Waals surface area contributed by atoms with Crippen molar-refractivity contribution < 1.29 is 14.3 Å². The Labute approximate surface area is 207 Å². The van der Waals surface area contributed by atoms with Crippen LogP contribution in [0.1, 0.15) is 133 Å². The highest BCUT2D eigenvalue weighted by molar-refractivity contribution is 6.09. The summed E-state index contributed by atoms with van der Waals surface area (Å²) in [5.41, 5.74) is 2.27. The fourth-order valence-corrected chi connectivity index (χ4v) is 4.79. The minimum atomic E-state index is -0.296. The molecule has 4 heteroatoms. The van der Waals surface area contributed by atoms with E-state index >= 15 is 0 Å². The van der Waals surface area contributed by atoms with Gasteiger partial charge in [-0.2, -0.15) is 0 Å². The minimum Gasteiger partial charge on any atom is -0.466 e. The molecule has 0 atom stereocenters. The topological polar surface area (TPSA) is 59.2 Å². The van der Waals surface area contributed by atoms with Gasteiger partial charge in [-0.25, -0.2) is 0 Å². The van der Waals surface area contributed by atoms with Crippen molar-refractivity contribution in [3.05, 3.63) is 35.5 Å². The predicted molar refractivity (Wildman–Crippen MR) is 143 cm³/mol. The first-order chi connectivity index (χ1) is 16.7. The van der Waals surface area contributed by atoms with Crippen molar-refractivity contribution in [3.8, 4) is 0 Å². The highest BCUT2D eigenvalue weighted by atomic mass is 16.5. The molecule has 0 amide bonds. The van der Waals surface area contributed by atoms with Crippen molar-refractivity contribution in [1.29, 1.82) is 0 Å². The van der Waals surface area contributed by atoms with Crippen LogP contribution in [0.5, 0.6) is 0 Å². The largest absolute Gasteiger partial charge is 0.466 e. The smallest absolute Gasteiger partial charge is 0.311 e. The van der Waals surface area contributed by atoms with Crippen LogP contribution in [0.3, 0.4) is 0 Å². The fourth-order valence-electron chi connectivity index (χ4n) is 4.79. The Morgan fingerprint density at radius 3 is 1.82 bits per heavy atom. The highest BCUT2D eigenvalue weighted by Crippen LogP contribution is 2.25. The molecule has 190 valence electrons. The molecule has 1 heterocycles. The molecule has 1 aromatic heterocycles. The number of ketones is 1. The van der Waals surface area contributed by atoms with Crippen LogP contribution in [0.2, 0.25) is 0 Å². The van der Waals surface area contributed by atoms with E-state index in [2.05, 4.69) is 11.9 Å². The maximum Gasteiger partial charge on any atom is 0.311 e. The number of rotatable bonds is 20. The van der Waals surface area contributed by atoms with Gasteiger partial charge >= 0.3 is 5.97 Å². The molecule has 0 saturated carbocycles. The molecular weight excluding hydrogens is 422 g/mol. The Kier molecular flexibility index (Phi) is 14.4. The predicted octanol–water partition coefficient (Wildman–Crippen LogP) is 8.72. The third kappa shape index (κ3) is 10.4. The van der Waals surface area contributed by atoms with Gasteiger partial charge < -0.3 is 9.72 Å². The Morgan fingerprint density at radius 1 is 0.735 bits per heavy atom. The van der Waals surface area contributed by atoms with E-state index < -0.39 is 0 Å². The summed E-state index contributed by atoms with van der Waals surface area (Å²) in [7, 11) is 0. The number of hydrogen-bond donors (Lipinski definition) is 1. The molecule has 0 saturated heterocycles. The number of Topliss-reactive ketones (excluding diaryl/α,β-unsaturated/α-hetero) is 1. The van der Waals surface area contributed by atoms with Gasteiger partial charge in [-0.3, -0.25) is 9.59 Å². The summed E-state index contributed by atoms with van der Waals surface area (Å²) in [5.74, 6) is -0.165. The van der Waals surface area contributed by atoms with E-state index in [4.69, 9.17) is 4.74 Å². The number of unbranched alkanes of at least 4 members (excludes halogenated alkanes) is 14. The van der Waals surface area contributed by atoms with Crippen LogP contribution in [-0.4, -0.2) is 23.3 Å². The van der Waals surface area contributed by atoms with E-state index in [9.17, 15) is 9.59 Å². The van der Waals surface area contributed by atoms with Gasteiger partial charge in [0.2, 0.25) is 0 Å². The number of aromatic amines is 1. The van der Waals surface area contributed by atoms with Crippen LogP contribution in [0.4, 0.5) is 0 Å². The number of nitrogens with one attached hydrogen (secondary N) is 1. The van der Waals surface area contributed by atoms with Crippen LogP contribution < -0.4 is 0 Å². The van der Waals surface area contributed by atoms with E-state index in [1.54, 1.807) is 6.92 Å². The average Bonchev–Trinajstić information content (AvgIpc) is 3.19. The number of H-pyrrole nitrogens is 1.